The smallest absolute Gasteiger partial charge is 0.137 e. The van der Waals surface area contributed by atoms with E-state index >= 15 is 0 Å². The van der Waals surface area contributed by atoms with Crippen molar-refractivity contribution < 1.29 is 5.11 Å². The quantitative estimate of drug-likeness (QED) is 0.856. The number of aryl methyl sites for hydroxylation is 1. The molecule has 1 saturated heterocycles. The molecule has 1 unspecified atom stereocenters. The molecule has 1 aliphatic rings. The van der Waals surface area contributed by atoms with Gasteiger partial charge in [0.05, 0.1) is 6.10 Å². The second-order valence-electron chi connectivity index (χ2n) is 4.87. The normalized spacial score (nSPS) is 20.2. The van der Waals surface area contributed by atoms with Crippen LogP contribution in [-0.4, -0.2) is 34.3 Å². The zero-order valence-electron chi connectivity index (χ0n) is 11.0. The van der Waals surface area contributed by atoms with Crippen LogP contribution in [0.2, 0.25) is 5.15 Å². The van der Waals surface area contributed by atoms with Crippen molar-refractivity contribution >= 4 is 17.4 Å². The van der Waals surface area contributed by atoms with Crippen molar-refractivity contribution in [1.29, 1.82) is 0 Å². The van der Waals surface area contributed by atoms with E-state index < -0.39 is 0 Å². The first kappa shape index (κ1) is 13.6. The predicted octanol–water partition coefficient (Wildman–Crippen LogP) is 2.35. The Labute approximate surface area is 113 Å². The van der Waals surface area contributed by atoms with Crippen LogP contribution >= 0.6 is 11.6 Å². The van der Waals surface area contributed by atoms with E-state index in [9.17, 15) is 5.11 Å². The molecule has 0 saturated carbocycles. The number of hydrogen-bond donors (Lipinski definition) is 1. The first-order valence-corrected chi connectivity index (χ1v) is 6.95. The molecule has 1 atom stereocenters. The molecule has 1 fully saturated rings. The van der Waals surface area contributed by atoms with E-state index in [2.05, 4.69) is 21.8 Å². The zero-order chi connectivity index (χ0) is 13.1. The minimum Gasteiger partial charge on any atom is -0.391 e. The Morgan fingerprint density at radius 3 is 2.89 bits per heavy atom. The highest BCUT2D eigenvalue weighted by molar-refractivity contribution is 6.30. The van der Waals surface area contributed by atoms with E-state index in [0.29, 0.717) is 11.7 Å². The topological polar surface area (TPSA) is 49.2 Å². The van der Waals surface area contributed by atoms with Crippen molar-refractivity contribution in [3.8, 4) is 0 Å². The molecule has 0 amide bonds. The van der Waals surface area contributed by atoms with E-state index in [1.807, 2.05) is 6.92 Å². The average molecular weight is 270 g/mol. The van der Waals surface area contributed by atoms with Crippen LogP contribution in [0.3, 0.4) is 0 Å². The maximum Gasteiger partial charge on any atom is 0.137 e. The Bertz CT molecular complexity index is 425. The number of aliphatic hydroxyl groups is 1. The molecular weight excluding hydrogens is 250 g/mol. The van der Waals surface area contributed by atoms with E-state index in [0.717, 1.165) is 49.4 Å². The number of hydrogen-bond acceptors (Lipinski definition) is 4. The zero-order valence-corrected chi connectivity index (χ0v) is 11.7. The van der Waals surface area contributed by atoms with Gasteiger partial charge in [0, 0.05) is 25.1 Å². The Morgan fingerprint density at radius 2 is 2.22 bits per heavy atom. The highest BCUT2D eigenvalue weighted by atomic mass is 35.5. The fourth-order valence-electron chi connectivity index (χ4n) is 2.31. The molecule has 0 aliphatic carbocycles. The SMILES string of the molecule is CCCc1nc(Cl)c(C)c(N2CCCC(O)C2)n1. The van der Waals surface area contributed by atoms with Gasteiger partial charge in [0.15, 0.2) is 0 Å². The van der Waals surface area contributed by atoms with Crippen LogP contribution in [0.15, 0.2) is 0 Å². The third-order valence-corrected chi connectivity index (χ3v) is 3.64. The predicted molar refractivity (Wildman–Crippen MR) is 73.2 cm³/mol. The lowest BCUT2D eigenvalue weighted by molar-refractivity contribution is 0.154. The minimum atomic E-state index is -0.262. The fraction of sp³-hybridized carbons (Fsp3) is 0.692. The van der Waals surface area contributed by atoms with Crippen molar-refractivity contribution in [2.45, 2.75) is 45.6 Å². The monoisotopic (exact) mass is 269 g/mol. The van der Waals surface area contributed by atoms with Crippen LogP contribution in [-0.2, 0) is 6.42 Å². The largest absolute Gasteiger partial charge is 0.391 e. The van der Waals surface area contributed by atoms with Crippen LogP contribution in [0.4, 0.5) is 5.82 Å². The minimum absolute atomic E-state index is 0.262. The summed E-state index contributed by atoms with van der Waals surface area (Å²) in [6, 6.07) is 0. The van der Waals surface area contributed by atoms with E-state index in [4.69, 9.17) is 11.6 Å². The first-order valence-electron chi connectivity index (χ1n) is 6.57. The Balaban J connectivity index is 2.30. The van der Waals surface area contributed by atoms with Gasteiger partial charge in [-0.25, -0.2) is 9.97 Å². The fourth-order valence-corrected chi connectivity index (χ4v) is 2.49. The Hall–Kier alpha value is -0.870. The number of aromatic nitrogens is 2. The van der Waals surface area contributed by atoms with Gasteiger partial charge in [0.1, 0.15) is 16.8 Å². The summed E-state index contributed by atoms with van der Waals surface area (Å²) in [5.41, 5.74) is 0.908. The highest BCUT2D eigenvalue weighted by Gasteiger charge is 2.22. The molecule has 1 aliphatic heterocycles. The molecule has 0 aromatic carbocycles. The van der Waals surface area contributed by atoms with Crippen molar-refractivity contribution in [2.24, 2.45) is 0 Å². The summed E-state index contributed by atoms with van der Waals surface area (Å²) in [4.78, 5) is 11.0. The van der Waals surface area contributed by atoms with E-state index in [1.54, 1.807) is 0 Å². The highest BCUT2D eigenvalue weighted by Crippen LogP contribution is 2.26. The van der Waals surface area contributed by atoms with Crippen molar-refractivity contribution in [3.05, 3.63) is 16.5 Å². The third-order valence-electron chi connectivity index (χ3n) is 3.28. The van der Waals surface area contributed by atoms with Gasteiger partial charge >= 0.3 is 0 Å². The number of aliphatic hydroxyl groups excluding tert-OH is 1. The molecule has 4 nitrogen and oxygen atoms in total. The molecule has 2 rings (SSSR count). The number of piperidine rings is 1. The molecule has 100 valence electrons. The summed E-state index contributed by atoms with van der Waals surface area (Å²) in [5, 5.41) is 10.3. The van der Waals surface area contributed by atoms with Gasteiger partial charge in [-0.1, -0.05) is 18.5 Å². The summed E-state index contributed by atoms with van der Waals surface area (Å²) in [6.45, 7) is 5.60. The second-order valence-corrected chi connectivity index (χ2v) is 5.23. The van der Waals surface area contributed by atoms with Crippen LogP contribution in [0.25, 0.3) is 0 Å². The van der Waals surface area contributed by atoms with Gasteiger partial charge in [0.25, 0.3) is 0 Å². The van der Waals surface area contributed by atoms with Gasteiger partial charge in [-0.15, -0.1) is 0 Å². The van der Waals surface area contributed by atoms with Crippen molar-refractivity contribution in [3.63, 3.8) is 0 Å². The van der Waals surface area contributed by atoms with Crippen LogP contribution in [0, 0.1) is 6.92 Å². The lowest BCUT2D eigenvalue weighted by atomic mass is 10.1. The number of rotatable bonds is 3. The molecule has 1 aromatic rings. The molecule has 0 spiro atoms. The number of halogens is 1. The van der Waals surface area contributed by atoms with Gasteiger partial charge in [-0.2, -0.15) is 0 Å². The van der Waals surface area contributed by atoms with Gasteiger partial charge in [0.2, 0.25) is 0 Å². The van der Waals surface area contributed by atoms with E-state index in [-0.39, 0.29) is 6.10 Å². The maximum atomic E-state index is 9.76. The molecule has 5 heteroatoms. The second kappa shape index (κ2) is 5.85. The average Bonchev–Trinajstić information content (AvgIpc) is 2.34. The molecule has 1 aromatic heterocycles. The summed E-state index contributed by atoms with van der Waals surface area (Å²) in [5.74, 6) is 1.68. The molecule has 2 heterocycles. The maximum absolute atomic E-state index is 9.76. The van der Waals surface area contributed by atoms with Crippen LogP contribution in [0.1, 0.15) is 37.6 Å². The molecule has 0 bridgehead atoms. The number of nitrogens with zero attached hydrogens (tertiary/aromatic N) is 3. The standard InChI is InChI=1S/C13H20ClN3O/c1-3-5-11-15-12(14)9(2)13(16-11)17-7-4-6-10(18)8-17/h10,18H,3-8H2,1-2H3. The van der Waals surface area contributed by atoms with E-state index in [1.165, 1.54) is 0 Å². The lowest BCUT2D eigenvalue weighted by Crippen LogP contribution is -2.39. The molecule has 18 heavy (non-hydrogen) atoms. The Kier molecular flexibility index (Phi) is 4.40. The Morgan fingerprint density at radius 1 is 1.44 bits per heavy atom. The van der Waals surface area contributed by atoms with Gasteiger partial charge in [-0.05, 0) is 26.2 Å². The number of anilines is 1. The molecule has 1 N–H and O–H groups in total. The van der Waals surface area contributed by atoms with Crippen LogP contribution in [0.5, 0.6) is 0 Å². The summed E-state index contributed by atoms with van der Waals surface area (Å²) in [7, 11) is 0. The van der Waals surface area contributed by atoms with Gasteiger partial charge < -0.3 is 10.0 Å². The van der Waals surface area contributed by atoms with Crippen LogP contribution < -0.4 is 4.90 Å². The van der Waals surface area contributed by atoms with Crippen molar-refractivity contribution in [1.82, 2.24) is 9.97 Å². The third kappa shape index (κ3) is 2.93. The van der Waals surface area contributed by atoms with Gasteiger partial charge in [-0.3, -0.25) is 0 Å². The lowest BCUT2D eigenvalue weighted by Gasteiger charge is -2.32. The number of β-amino-alcohol motifs (C(OH)–C–C–N with tert-alkyl or cyclic N) is 1. The molecule has 0 radical (unpaired) electrons. The summed E-state index contributed by atoms with van der Waals surface area (Å²) in [6.07, 6.45) is 3.44. The summed E-state index contributed by atoms with van der Waals surface area (Å²) >= 11 is 6.17. The van der Waals surface area contributed by atoms with Crippen molar-refractivity contribution in [2.75, 3.05) is 18.0 Å². The molecular formula is C13H20ClN3O. The first-order chi connectivity index (χ1) is 8.61. The summed E-state index contributed by atoms with van der Waals surface area (Å²) < 4.78 is 0.